The fourth-order valence-corrected chi connectivity index (χ4v) is 2.16. The molecular formula is C13H16ClN3O. The first-order valence-electron chi connectivity index (χ1n) is 5.65. The third kappa shape index (κ3) is 2.35. The molecule has 1 atom stereocenters. The van der Waals surface area contributed by atoms with E-state index in [0.29, 0.717) is 5.02 Å². The van der Waals surface area contributed by atoms with E-state index in [4.69, 9.17) is 16.3 Å². The van der Waals surface area contributed by atoms with Gasteiger partial charge < -0.3 is 14.6 Å². The number of hydrogen-bond acceptors (Lipinski definition) is 3. The molecule has 1 N–H and O–H groups in total. The Labute approximate surface area is 112 Å². The van der Waals surface area contributed by atoms with Crippen LogP contribution in [0, 0.1) is 0 Å². The maximum absolute atomic E-state index is 5.98. The van der Waals surface area contributed by atoms with Crippen molar-refractivity contribution in [2.24, 2.45) is 7.05 Å². The lowest BCUT2D eigenvalue weighted by Crippen LogP contribution is -2.21. The molecule has 1 heterocycles. The van der Waals surface area contributed by atoms with Gasteiger partial charge in [0.1, 0.15) is 11.6 Å². The molecule has 0 aliphatic heterocycles. The van der Waals surface area contributed by atoms with E-state index in [1.165, 1.54) is 0 Å². The normalized spacial score (nSPS) is 12.4. The Morgan fingerprint density at radius 3 is 2.78 bits per heavy atom. The van der Waals surface area contributed by atoms with E-state index in [0.717, 1.165) is 17.1 Å². The highest BCUT2D eigenvalue weighted by Crippen LogP contribution is 2.31. The van der Waals surface area contributed by atoms with E-state index in [1.54, 1.807) is 13.3 Å². The molecule has 18 heavy (non-hydrogen) atoms. The Kier molecular flexibility index (Phi) is 3.89. The number of nitrogens with zero attached hydrogens (tertiary/aromatic N) is 2. The average molecular weight is 266 g/mol. The van der Waals surface area contributed by atoms with Gasteiger partial charge in [-0.05, 0) is 19.2 Å². The number of imidazole rings is 1. The molecule has 0 saturated heterocycles. The lowest BCUT2D eigenvalue weighted by Gasteiger charge is -2.19. The molecule has 1 unspecified atom stereocenters. The van der Waals surface area contributed by atoms with E-state index in [1.807, 2.05) is 43.1 Å². The third-order valence-corrected chi connectivity index (χ3v) is 3.15. The number of methoxy groups -OCH3 is 1. The first kappa shape index (κ1) is 12.9. The number of halogens is 1. The van der Waals surface area contributed by atoms with Gasteiger partial charge in [0.25, 0.3) is 0 Å². The van der Waals surface area contributed by atoms with Crippen LogP contribution in [0.1, 0.15) is 17.4 Å². The van der Waals surface area contributed by atoms with Crippen molar-refractivity contribution in [2.45, 2.75) is 6.04 Å². The van der Waals surface area contributed by atoms with Crippen molar-refractivity contribution < 1.29 is 4.74 Å². The smallest absolute Gasteiger partial charge is 0.130 e. The predicted octanol–water partition coefficient (Wildman–Crippen LogP) is 2.39. The Morgan fingerprint density at radius 2 is 2.22 bits per heavy atom. The second-order valence-corrected chi connectivity index (χ2v) is 4.44. The van der Waals surface area contributed by atoms with Crippen LogP contribution in [-0.2, 0) is 7.05 Å². The molecule has 96 valence electrons. The van der Waals surface area contributed by atoms with Crippen LogP contribution in [-0.4, -0.2) is 23.7 Å². The summed E-state index contributed by atoms with van der Waals surface area (Å²) in [6, 6.07) is 5.59. The zero-order valence-electron chi connectivity index (χ0n) is 10.6. The maximum Gasteiger partial charge on any atom is 0.130 e. The number of benzene rings is 1. The molecule has 0 spiro atoms. The first-order valence-corrected chi connectivity index (χ1v) is 6.03. The molecular weight excluding hydrogens is 250 g/mol. The number of nitrogens with one attached hydrogen (secondary N) is 1. The Hall–Kier alpha value is -1.52. The molecule has 0 fully saturated rings. The molecule has 5 heteroatoms. The molecule has 4 nitrogen and oxygen atoms in total. The van der Waals surface area contributed by atoms with Crippen LogP contribution in [0.3, 0.4) is 0 Å². The molecule has 2 rings (SSSR count). The second kappa shape index (κ2) is 5.42. The third-order valence-electron chi connectivity index (χ3n) is 2.91. The van der Waals surface area contributed by atoms with E-state index in [9.17, 15) is 0 Å². The molecule has 0 aliphatic carbocycles. The summed E-state index contributed by atoms with van der Waals surface area (Å²) >= 11 is 5.98. The molecule has 0 amide bonds. The van der Waals surface area contributed by atoms with Crippen LogP contribution in [0.2, 0.25) is 5.02 Å². The molecule has 2 aromatic rings. The summed E-state index contributed by atoms with van der Waals surface area (Å²) in [5.41, 5.74) is 1.01. The molecule has 0 radical (unpaired) electrons. The summed E-state index contributed by atoms with van der Waals surface area (Å²) < 4.78 is 7.37. The van der Waals surface area contributed by atoms with E-state index < -0.39 is 0 Å². The van der Waals surface area contributed by atoms with Crippen molar-refractivity contribution in [1.29, 1.82) is 0 Å². The zero-order chi connectivity index (χ0) is 13.1. The summed E-state index contributed by atoms with van der Waals surface area (Å²) in [4.78, 5) is 4.37. The van der Waals surface area contributed by atoms with Crippen LogP contribution in [0.5, 0.6) is 5.75 Å². The van der Waals surface area contributed by atoms with Crippen LogP contribution in [0.25, 0.3) is 0 Å². The van der Waals surface area contributed by atoms with Gasteiger partial charge in [0, 0.05) is 30.0 Å². The van der Waals surface area contributed by atoms with Gasteiger partial charge in [-0.25, -0.2) is 4.98 Å². The minimum Gasteiger partial charge on any atom is -0.496 e. The minimum atomic E-state index is -0.0304. The molecule has 0 saturated carbocycles. The second-order valence-electron chi connectivity index (χ2n) is 4.00. The van der Waals surface area contributed by atoms with Crippen molar-refractivity contribution in [3.63, 3.8) is 0 Å². The molecule has 0 aliphatic rings. The van der Waals surface area contributed by atoms with E-state index >= 15 is 0 Å². The van der Waals surface area contributed by atoms with Crippen LogP contribution in [0.15, 0.2) is 30.6 Å². The van der Waals surface area contributed by atoms with Gasteiger partial charge in [0.05, 0.1) is 13.2 Å². The van der Waals surface area contributed by atoms with Crippen LogP contribution >= 0.6 is 11.6 Å². The Bertz CT molecular complexity index is 539. The number of hydrogen-bond donors (Lipinski definition) is 1. The van der Waals surface area contributed by atoms with Crippen LogP contribution in [0.4, 0.5) is 0 Å². The van der Waals surface area contributed by atoms with Gasteiger partial charge in [-0.3, -0.25) is 0 Å². The molecule has 0 bridgehead atoms. The Balaban J connectivity index is 2.48. The highest BCUT2D eigenvalue weighted by atomic mass is 35.5. The predicted molar refractivity (Wildman–Crippen MR) is 72.1 cm³/mol. The highest BCUT2D eigenvalue weighted by molar-refractivity contribution is 6.30. The zero-order valence-corrected chi connectivity index (χ0v) is 11.4. The van der Waals surface area contributed by atoms with E-state index in [2.05, 4.69) is 10.3 Å². The van der Waals surface area contributed by atoms with Gasteiger partial charge in [0.15, 0.2) is 0 Å². The summed E-state index contributed by atoms with van der Waals surface area (Å²) in [5.74, 6) is 1.68. The summed E-state index contributed by atoms with van der Waals surface area (Å²) in [7, 11) is 5.50. The summed E-state index contributed by atoms with van der Waals surface area (Å²) in [5, 5.41) is 3.91. The van der Waals surface area contributed by atoms with Crippen LogP contribution < -0.4 is 10.1 Å². The highest BCUT2D eigenvalue weighted by Gasteiger charge is 2.20. The number of rotatable bonds is 4. The van der Waals surface area contributed by atoms with Crippen molar-refractivity contribution in [3.05, 3.63) is 47.0 Å². The number of aryl methyl sites for hydroxylation is 1. The quantitative estimate of drug-likeness (QED) is 0.923. The minimum absolute atomic E-state index is 0.0304. The SMILES string of the molecule is CNC(c1ccc(Cl)cc1OC)c1nccn1C. The topological polar surface area (TPSA) is 39.1 Å². The van der Waals surface area contributed by atoms with Gasteiger partial charge in [0.2, 0.25) is 0 Å². The first-order chi connectivity index (χ1) is 8.67. The molecule has 1 aromatic carbocycles. The van der Waals surface area contributed by atoms with Crippen molar-refractivity contribution in [2.75, 3.05) is 14.2 Å². The van der Waals surface area contributed by atoms with Crippen molar-refractivity contribution >= 4 is 11.6 Å². The van der Waals surface area contributed by atoms with E-state index in [-0.39, 0.29) is 6.04 Å². The summed E-state index contributed by atoms with van der Waals surface area (Å²) in [6.45, 7) is 0. The summed E-state index contributed by atoms with van der Waals surface area (Å²) in [6.07, 6.45) is 3.70. The van der Waals surface area contributed by atoms with Gasteiger partial charge in [-0.1, -0.05) is 17.7 Å². The Morgan fingerprint density at radius 1 is 1.44 bits per heavy atom. The molecule has 1 aromatic heterocycles. The number of aromatic nitrogens is 2. The number of ether oxygens (including phenoxy) is 1. The monoisotopic (exact) mass is 265 g/mol. The van der Waals surface area contributed by atoms with Gasteiger partial charge in [-0.2, -0.15) is 0 Å². The lowest BCUT2D eigenvalue weighted by atomic mass is 10.1. The van der Waals surface area contributed by atoms with Gasteiger partial charge >= 0.3 is 0 Å². The fraction of sp³-hybridized carbons (Fsp3) is 0.308. The maximum atomic E-state index is 5.98. The van der Waals surface area contributed by atoms with Crippen molar-refractivity contribution in [3.8, 4) is 5.75 Å². The van der Waals surface area contributed by atoms with Crippen molar-refractivity contribution in [1.82, 2.24) is 14.9 Å². The van der Waals surface area contributed by atoms with Gasteiger partial charge in [-0.15, -0.1) is 0 Å². The average Bonchev–Trinajstić information content (AvgIpc) is 2.78. The standard InChI is InChI=1S/C13H16ClN3O/c1-15-12(13-16-6-7-17(13)2)10-5-4-9(14)8-11(10)18-3/h4-8,12,15H,1-3H3. The largest absolute Gasteiger partial charge is 0.496 e. The fourth-order valence-electron chi connectivity index (χ4n) is 2.00. The lowest BCUT2D eigenvalue weighted by molar-refractivity contribution is 0.404.